The second-order valence-electron chi connectivity index (χ2n) is 6.04. The van der Waals surface area contributed by atoms with Gasteiger partial charge in [0, 0.05) is 44.5 Å². The number of nitro groups is 1. The van der Waals surface area contributed by atoms with Crippen molar-refractivity contribution in [2.45, 2.75) is 26.3 Å². The number of hydrogen-bond donors (Lipinski definition) is 1. The van der Waals surface area contributed by atoms with Crippen LogP contribution in [0.1, 0.15) is 25.8 Å². The highest BCUT2D eigenvalue weighted by Gasteiger charge is 2.28. The molecule has 0 amide bonds. The van der Waals surface area contributed by atoms with Crippen LogP contribution in [-0.2, 0) is 4.74 Å². The molecule has 1 aliphatic rings. The smallest absolute Gasteiger partial charge is 0.309 e. The SMILES string of the molecule is CCOCCN1CCN(c2cc(N)c([N+](=O)[O-])c(C#N)c2)CC1CC. The van der Waals surface area contributed by atoms with Gasteiger partial charge in [0.1, 0.15) is 17.3 Å². The maximum Gasteiger partial charge on any atom is 0.309 e. The molecular formula is C17H25N5O3. The lowest BCUT2D eigenvalue weighted by Gasteiger charge is -2.42. The molecule has 1 heterocycles. The molecule has 0 bridgehead atoms. The minimum atomic E-state index is -0.599. The van der Waals surface area contributed by atoms with E-state index >= 15 is 0 Å². The second kappa shape index (κ2) is 8.65. The third-order valence-electron chi connectivity index (χ3n) is 4.60. The van der Waals surface area contributed by atoms with E-state index in [0.29, 0.717) is 6.04 Å². The normalized spacial score (nSPS) is 18.1. The summed E-state index contributed by atoms with van der Waals surface area (Å²) >= 11 is 0. The van der Waals surface area contributed by atoms with Crippen LogP contribution in [0.5, 0.6) is 0 Å². The Bertz CT molecular complexity index is 658. The van der Waals surface area contributed by atoms with E-state index in [1.54, 1.807) is 12.1 Å². The van der Waals surface area contributed by atoms with Gasteiger partial charge < -0.3 is 15.4 Å². The van der Waals surface area contributed by atoms with Gasteiger partial charge in [0.25, 0.3) is 0 Å². The molecular weight excluding hydrogens is 322 g/mol. The van der Waals surface area contributed by atoms with Crippen LogP contribution in [0, 0.1) is 21.4 Å². The standard InChI is InChI=1S/C17H25N5O3/c1-3-14-12-21(6-5-20(14)7-8-25-4-2)15-9-13(11-18)17(22(23)24)16(19)10-15/h9-10,14H,3-8,12,19H2,1-2H3. The topological polar surface area (TPSA) is 109 Å². The highest BCUT2D eigenvalue weighted by atomic mass is 16.6. The van der Waals surface area contributed by atoms with Crippen LogP contribution in [-0.4, -0.2) is 55.3 Å². The predicted molar refractivity (Wildman–Crippen MR) is 96.6 cm³/mol. The number of piperazine rings is 1. The van der Waals surface area contributed by atoms with Gasteiger partial charge in [-0.15, -0.1) is 0 Å². The van der Waals surface area contributed by atoms with Gasteiger partial charge in [-0.05, 0) is 25.5 Å². The van der Waals surface area contributed by atoms with Crippen LogP contribution >= 0.6 is 0 Å². The zero-order chi connectivity index (χ0) is 18.4. The Labute approximate surface area is 147 Å². The summed E-state index contributed by atoms with van der Waals surface area (Å²) in [5, 5.41) is 20.3. The minimum Gasteiger partial charge on any atom is -0.393 e. The third-order valence-corrected chi connectivity index (χ3v) is 4.60. The molecule has 0 aliphatic carbocycles. The van der Waals surface area contributed by atoms with Crippen molar-refractivity contribution in [3.8, 4) is 6.07 Å². The summed E-state index contributed by atoms with van der Waals surface area (Å²) < 4.78 is 5.45. The monoisotopic (exact) mass is 347 g/mol. The van der Waals surface area contributed by atoms with E-state index in [4.69, 9.17) is 10.5 Å². The number of nitrogens with two attached hydrogens (primary N) is 1. The Hall–Kier alpha value is -2.37. The number of nitriles is 1. The molecule has 25 heavy (non-hydrogen) atoms. The summed E-state index contributed by atoms with van der Waals surface area (Å²) in [6.45, 7) is 8.92. The molecule has 2 N–H and O–H groups in total. The van der Waals surface area contributed by atoms with Crippen molar-refractivity contribution in [3.05, 3.63) is 27.8 Å². The number of ether oxygens (including phenoxy) is 1. The van der Waals surface area contributed by atoms with E-state index in [0.717, 1.165) is 51.5 Å². The molecule has 0 spiro atoms. The Kier molecular flexibility index (Phi) is 6.56. The molecule has 1 aliphatic heterocycles. The number of anilines is 2. The fourth-order valence-corrected chi connectivity index (χ4v) is 3.25. The van der Waals surface area contributed by atoms with Gasteiger partial charge in [0.05, 0.1) is 11.5 Å². The number of nitrogens with zero attached hydrogens (tertiary/aromatic N) is 4. The van der Waals surface area contributed by atoms with Crippen molar-refractivity contribution >= 4 is 17.1 Å². The Morgan fingerprint density at radius 1 is 1.44 bits per heavy atom. The van der Waals surface area contributed by atoms with Crippen LogP contribution in [0.2, 0.25) is 0 Å². The summed E-state index contributed by atoms with van der Waals surface area (Å²) in [6, 6.07) is 5.43. The van der Waals surface area contributed by atoms with Gasteiger partial charge in [-0.3, -0.25) is 15.0 Å². The summed E-state index contributed by atoms with van der Waals surface area (Å²) in [5.74, 6) is 0. The molecule has 2 rings (SSSR count). The first-order valence-corrected chi connectivity index (χ1v) is 8.56. The molecule has 1 atom stereocenters. The average molecular weight is 347 g/mol. The van der Waals surface area contributed by atoms with Crippen LogP contribution < -0.4 is 10.6 Å². The van der Waals surface area contributed by atoms with Crippen LogP contribution in [0.3, 0.4) is 0 Å². The molecule has 136 valence electrons. The third kappa shape index (κ3) is 4.38. The fourth-order valence-electron chi connectivity index (χ4n) is 3.25. The van der Waals surface area contributed by atoms with Crippen molar-refractivity contribution < 1.29 is 9.66 Å². The van der Waals surface area contributed by atoms with E-state index < -0.39 is 4.92 Å². The first kappa shape index (κ1) is 19.0. The zero-order valence-corrected chi connectivity index (χ0v) is 14.8. The first-order valence-electron chi connectivity index (χ1n) is 8.56. The maximum atomic E-state index is 11.1. The van der Waals surface area contributed by atoms with Crippen LogP contribution in [0.15, 0.2) is 12.1 Å². The van der Waals surface area contributed by atoms with Gasteiger partial charge >= 0.3 is 5.69 Å². The van der Waals surface area contributed by atoms with Crippen molar-refractivity contribution in [3.63, 3.8) is 0 Å². The molecule has 1 fully saturated rings. The maximum absolute atomic E-state index is 11.1. The molecule has 8 heteroatoms. The van der Waals surface area contributed by atoms with Crippen LogP contribution in [0.4, 0.5) is 17.1 Å². The van der Waals surface area contributed by atoms with Crippen molar-refractivity contribution in [1.82, 2.24) is 4.90 Å². The Morgan fingerprint density at radius 2 is 2.20 bits per heavy atom. The molecule has 1 aromatic carbocycles. The fraction of sp³-hybridized carbons (Fsp3) is 0.588. The lowest BCUT2D eigenvalue weighted by Crippen LogP contribution is -2.53. The molecule has 8 nitrogen and oxygen atoms in total. The molecule has 1 saturated heterocycles. The number of nitro benzene ring substituents is 1. The molecule has 0 saturated carbocycles. The highest BCUT2D eigenvalue weighted by Crippen LogP contribution is 2.32. The summed E-state index contributed by atoms with van der Waals surface area (Å²) in [7, 11) is 0. The molecule has 1 aromatic rings. The summed E-state index contributed by atoms with van der Waals surface area (Å²) in [5.41, 5.74) is 6.33. The summed E-state index contributed by atoms with van der Waals surface area (Å²) in [6.07, 6.45) is 0.996. The van der Waals surface area contributed by atoms with Crippen LogP contribution in [0.25, 0.3) is 0 Å². The lowest BCUT2D eigenvalue weighted by atomic mass is 10.1. The van der Waals surface area contributed by atoms with E-state index in [1.165, 1.54) is 0 Å². The zero-order valence-electron chi connectivity index (χ0n) is 14.8. The second-order valence-corrected chi connectivity index (χ2v) is 6.04. The number of hydrogen-bond acceptors (Lipinski definition) is 7. The van der Waals surface area contributed by atoms with Crippen molar-refractivity contribution in [1.29, 1.82) is 5.26 Å². The largest absolute Gasteiger partial charge is 0.393 e. The van der Waals surface area contributed by atoms with E-state index in [2.05, 4.69) is 16.7 Å². The summed E-state index contributed by atoms with van der Waals surface area (Å²) in [4.78, 5) is 15.1. The molecule has 0 aromatic heterocycles. The Morgan fingerprint density at radius 3 is 2.80 bits per heavy atom. The van der Waals surface area contributed by atoms with Gasteiger partial charge in [-0.25, -0.2) is 0 Å². The quantitative estimate of drug-likeness (QED) is 0.348. The predicted octanol–water partition coefficient (Wildman–Crippen LogP) is 1.99. The van der Waals surface area contributed by atoms with Crippen molar-refractivity contribution in [2.75, 3.05) is 50.0 Å². The first-order chi connectivity index (χ1) is 12.0. The number of rotatable bonds is 7. The molecule has 1 unspecified atom stereocenters. The van der Waals surface area contributed by atoms with Crippen molar-refractivity contribution in [2.24, 2.45) is 0 Å². The number of benzene rings is 1. The van der Waals surface area contributed by atoms with E-state index in [1.807, 2.05) is 13.0 Å². The minimum absolute atomic E-state index is 0.00632. The highest BCUT2D eigenvalue weighted by molar-refractivity contribution is 5.73. The van der Waals surface area contributed by atoms with E-state index in [9.17, 15) is 15.4 Å². The van der Waals surface area contributed by atoms with Gasteiger partial charge in [-0.2, -0.15) is 5.26 Å². The lowest BCUT2D eigenvalue weighted by molar-refractivity contribution is -0.384. The Balaban J connectivity index is 2.16. The number of nitrogen functional groups attached to an aromatic ring is 1. The molecule has 0 radical (unpaired) electrons. The average Bonchev–Trinajstić information content (AvgIpc) is 2.60. The van der Waals surface area contributed by atoms with Gasteiger partial charge in [-0.1, -0.05) is 6.92 Å². The van der Waals surface area contributed by atoms with E-state index in [-0.39, 0.29) is 16.9 Å². The van der Waals surface area contributed by atoms with Gasteiger partial charge in [0.15, 0.2) is 0 Å². The van der Waals surface area contributed by atoms with Gasteiger partial charge in [0.2, 0.25) is 0 Å².